The molecule has 2 atom stereocenters. The lowest BCUT2D eigenvalue weighted by atomic mass is 10.1. The summed E-state index contributed by atoms with van der Waals surface area (Å²) in [6, 6.07) is 0. The number of hydrogen-bond acceptors (Lipinski definition) is 4. The molecule has 0 aromatic rings. The Balaban J connectivity index is 2.10. The van der Waals surface area contributed by atoms with E-state index in [2.05, 4.69) is 18.6 Å². The second-order valence-corrected chi connectivity index (χ2v) is 6.28. The lowest BCUT2D eigenvalue weighted by molar-refractivity contribution is -0.151. The van der Waals surface area contributed by atoms with Crippen molar-refractivity contribution < 1.29 is 14.3 Å². The van der Waals surface area contributed by atoms with Gasteiger partial charge in [0.15, 0.2) is 0 Å². The van der Waals surface area contributed by atoms with E-state index in [0.29, 0.717) is 5.25 Å². The Hall–Kier alpha value is -0.510. The molecule has 2 unspecified atom stereocenters. The second-order valence-electron chi connectivity index (χ2n) is 4.64. The van der Waals surface area contributed by atoms with E-state index < -0.39 is 0 Å². The minimum Gasteiger partial charge on any atom is -0.392 e. The van der Waals surface area contributed by atoms with Gasteiger partial charge in [0.1, 0.15) is 5.25 Å². The van der Waals surface area contributed by atoms with E-state index in [-0.39, 0.29) is 23.6 Å². The van der Waals surface area contributed by atoms with Crippen molar-refractivity contribution in [1.82, 2.24) is 0 Å². The molecule has 1 fully saturated rings. The Kier molecular flexibility index (Phi) is 6.63. The molecule has 0 radical (unpaired) electrons. The van der Waals surface area contributed by atoms with Crippen molar-refractivity contribution in [1.29, 1.82) is 0 Å². The molecule has 0 aliphatic carbocycles. The number of unbranched alkanes of at least 4 members (excludes halogenated alkanes) is 4. The van der Waals surface area contributed by atoms with Gasteiger partial charge in [0.25, 0.3) is 0 Å². The van der Waals surface area contributed by atoms with Crippen LogP contribution in [0.3, 0.4) is 0 Å². The maximum Gasteiger partial charge on any atom is 0.327 e. The lowest BCUT2D eigenvalue weighted by Crippen LogP contribution is -2.13. The number of ether oxygens (including phenoxy) is 1. The summed E-state index contributed by atoms with van der Waals surface area (Å²) >= 11 is 1.59. The van der Waals surface area contributed by atoms with Crippen LogP contribution >= 0.6 is 11.8 Å². The average Bonchev–Trinajstić information content (AvgIpc) is 2.57. The normalized spacial score (nSPS) is 21.6. The number of carbonyl (C=O) groups is 2. The van der Waals surface area contributed by atoms with E-state index in [9.17, 15) is 9.59 Å². The van der Waals surface area contributed by atoms with Crippen LogP contribution in [0.15, 0.2) is 0 Å². The van der Waals surface area contributed by atoms with Crippen molar-refractivity contribution in [3.63, 3.8) is 0 Å². The molecule has 1 heterocycles. The molecule has 0 N–H and O–H groups in total. The fourth-order valence-corrected chi connectivity index (χ4v) is 3.20. The number of esters is 2. The van der Waals surface area contributed by atoms with Gasteiger partial charge >= 0.3 is 11.9 Å². The summed E-state index contributed by atoms with van der Waals surface area (Å²) in [5, 5.41) is 0.174. The molecule has 98 valence electrons. The van der Waals surface area contributed by atoms with E-state index in [1.54, 1.807) is 11.8 Å². The van der Waals surface area contributed by atoms with E-state index in [1.165, 1.54) is 32.1 Å². The van der Waals surface area contributed by atoms with Crippen molar-refractivity contribution >= 4 is 23.7 Å². The van der Waals surface area contributed by atoms with Crippen molar-refractivity contribution in [3.8, 4) is 0 Å². The Morgan fingerprint density at radius 3 is 2.59 bits per heavy atom. The van der Waals surface area contributed by atoms with E-state index in [4.69, 9.17) is 0 Å². The first-order valence-corrected chi connectivity index (χ1v) is 7.47. The molecule has 1 aliphatic rings. The Morgan fingerprint density at radius 2 is 2.00 bits per heavy atom. The summed E-state index contributed by atoms with van der Waals surface area (Å²) in [5.74, 6) is -0.722. The lowest BCUT2D eigenvalue weighted by Gasteiger charge is -2.12. The molecule has 0 saturated carbocycles. The maximum atomic E-state index is 11.3. The van der Waals surface area contributed by atoms with Crippen LogP contribution in [-0.2, 0) is 14.3 Å². The molecule has 1 rings (SSSR count). The number of cyclic esters (lactones) is 2. The first kappa shape index (κ1) is 14.6. The van der Waals surface area contributed by atoms with Gasteiger partial charge in [-0.05, 0) is 6.42 Å². The monoisotopic (exact) mass is 258 g/mol. The van der Waals surface area contributed by atoms with Gasteiger partial charge < -0.3 is 4.74 Å². The molecule has 0 spiro atoms. The van der Waals surface area contributed by atoms with Gasteiger partial charge in [0.2, 0.25) is 0 Å². The fourth-order valence-electron chi connectivity index (χ4n) is 1.94. The molecule has 4 heteroatoms. The molecule has 1 saturated heterocycles. The Bertz CT molecular complexity index is 265. The molecule has 0 bridgehead atoms. The quantitative estimate of drug-likeness (QED) is 0.380. The minimum absolute atomic E-state index is 0.254. The Morgan fingerprint density at radius 1 is 1.29 bits per heavy atom. The standard InChI is InChI=1S/C13H22O3S/c1-3-4-5-6-7-8-10(2)17-11-9-12(14)16-13(11)15/h10-11H,3-9H2,1-2H3. The predicted octanol–water partition coefficient (Wildman–Crippen LogP) is 3.31. The predicted molar refractivity (Wildman–Crippen MR) is 69.9 cm³/mol. The van der Waals surface area contributed by atoms with E-state index in [1.807, 2.05) is 0 Å². The van der Waals surface area contributed by atoms with Crippen LogP contribution in [0.5, 0.6) is 0 Å². The summed E-state index contributed by atoms with van der Waals surface area (Å²) < 4.78 is 4.53. The molecule has 17 heavy (non-hydrogen) atoms. The van der Waals surface area contributed by atoms with Gasteiger partial charge in [0, 0.05) is 5.25 Å². The van der Waals surface area contributed by atoms with Gasteiger partial charge in [0.05, 0.1) is 6.42 Å². The van der Waals surface area contributed by atoms with Crippen LogP contribution in [0.4, 0.5) is 0 Å². The zero-order valence-corrected chi connectivity index (χ0v) is 11.6. The van der Waals surface area contributed by atoms with Crippen molar-refractivity contribution in [3.05, 3.63) is 0 Å². The minimum atomic E-state index is -0.373. The third-order valence-electron chi connectivity index (χ3n) is 2.94. The molecular formula is C13H22O3S. The number of thioether (sulfide) groups is 1. The number of rotatable bonds is 8. The van der Waals surface area contributed by atoms with Gasteiger partial charge in [-0.25, -0.2) is 0 Å². The molecular weight excluding hydrogens is 236 g/mol. The SMILES string of the molecule is CCCCCCCC(C)SC1CC(=O)OC1=O. The van der Waals surface area contributed by atoms with E-state index >= 15 is 0 Å². The molecule has 1 aliphatic heterocycles. The van der Waals surface area contributed by atoms with Crippen LogP contribution in [0.1, 0.15) is 58.8 Å². The zero-order valence-electron chi connectivity index (χ0n) is 10.7. The van der Waals surface area contributed by atoms with Crippen molar-refractivity contribution in [2.24, 2.45) is 0 Å². The van der Waals surface area contributed by atoms with Gasteiger partial charge in [-0.15, -0.1) is 11.8 Å². The molecule has 0 aromatic heterocycles. The number of hydrogen-bond donors (Lipinski definition) is 0. The summed E-state index contributed by atoms with van der Waals surface area (Å²) in [6.07, 6.45) is 7.73. The summed E-state index contributed by atoms with van der Waals surface area (Å²) in [5.41, 5.74) is 0. The van der Waals surface area contributed by atoms with Crippen molar-refractivity contribution in [2.75, 3.05) is 0 Å². The van der Waals surface area contributed by atoms with Gasteiger partial charge in [-0.2, -0.15) is 0 Å². The smallest absolute Gasteiger partial charge is 0.327 e. The van der Waals surface area contributed by atoms with Crippen molar-refractivity contribution in [2.45, 2.75) is 69.3 Å². The summed E-state index contributed by atoms with van der Waals surface area (Å²) in [7, 11) is 0. The summed E-state index contributed by atoms with van der Waals surface area (Å²) in [4.78, 5) is 22.2. The highest BCUT2D eigenvalue weighted by molar-refractivity contribution is 8.01. The molecule has 3 nitrogen and oxygen atoms in total. The van der Waals surface area contributed by atoms with Crippen LogP contribution < -0.4 is 0 Å². The highest BCUT2D eigenvalue weighted by Crippen LogP contribution is 2.29. The van der Waals surface area contributed by atoms with Gasteiger partial charge in [-0.1, -0.05) is 46.0 Å². The average molecular weight is 258 g/mol. The highest BCUT2D eigenvalue weighted by Gasteiger charge is 2.34. The Labute approximate surface area is 108 Å². The topological polar surface area (TPSA) is 43.4 Å². The van der Waals surface area contributed by atoms with Crippen LogP contribution in [-0.4, -0.2) is 22.4 Å². The fraction of sp³-hybridized carbons (Fsp3) is 0.846. The van der Waals surface area contributed by atoms with E-state index in [0.717, 1.165) is 6.42 Å². The van der Waals surface area contributed by atoms with Crippen LogP contribution in [0.2, 0.25) is 0 Å². The second kappa shape index (κ2) is 7.75. The largest absolute Gasteiger partial charge is 0.392 e. The third kappa shape index (κ3) is 5.57. The maximum absolute atomic E-state index is 11.3. The summed E-state index contributed by atoms with van der Waals surface area (Å²) in [6.45, 7) is 4.34. The number of carbonyl (C=O) groups excluding carboxylic acids is 2. The zero-order chi connectivity index (χ0) is 12.7. The van der Waals surface area contributed by atoms with Gasteiger partial charge in [-0.3, -0.25) is 9.59 Å². The first-order chi connectivity index (χ1) is 8.13. The van der Waals surface area contributed by atoms with Crippen LogP contribution in [0.25, 0.3) is 0 Å². The highest BCUT2D eigenvalue weighted by atomic mass is 32.2. The first-order valence-electron chi connectivity index (χ1n) is 6.53. The van der Waals surface area contributed by atoms with Crippen LogP contribution in [0, 0.1) is 0 Å². The third-order valence-corrected chi connectivity index (χ3v) is 4.33. The molecule has 0 aromatic carbocycles. The molecule has 0 amide bonds.